The Hall–Kier alpha value is -3.28. The molecular weight excluding hydrogens is 330 g/mol. The van der Waals surface area contributed by atoms with E-state index in [0.717, 1.165) is 34.9 Å². The minimum absolute atomic E-state index is 0.246. The highest BCUT2D eigenvalue weighted by Crippen LogP contribution is 2.33. The Kier molecular flexibility index (Phi) is 5.22. The van der Waals surface area contributed by atoms with Gasteiger partial charge in [-0.25, -0.2) is 4.99 Å². The van der Waals surface area contributed by atoms with Gasteiger partial charge < -0.3 is 14.4 Å². The second kappa shape index (κ2) is 7.74. The van der Waals surface area contributed by atoms with Gasteiger partial charge in [0.15, 0.2) is 11.5 Å². The van der Waals surface area contributed by atoms with Crippen LogP contribution in [0.25, 0.3) is 6.08 Å². The van der Waals surface area contributed by atoms with E-state index in [2.05, 4.69) is 4.99 Å². The lowest BCUT2D eigenvalue weighted by molar-refractivity contribution is -0.114. The third kappa shape index (κ3) is 3.85. The Morgan fingerprint density at radius 3 is 2.54 bits per heavy atom. The fourth-order valence-corrected chi connectivity index (χ4v) is 2.64. The van der Waals surface area contributed by atoms with Gasteiger partial charge in [-0.1, -0.05) is 24.3 Å². The molecule has 134 valence electrons. The molecule has 0 saturated heterocycles. The number of aliphatic imine (C=N–C) groups is 1. The van der Waals surface area contributed by atoms with Crippen molar-refractivity contribution in [3.63, 3.8) is 0 Å². The van der Waals surface area contributed by atoms with E-state index < -0.39 is 0 Å². The van der Waals surface area contributed by atoms with Gasteiger partial charge in [-0.05, 0) is 42.8 Å². The topological polar surface area (TPSA) is 54.4 Å². The molecule has 0 spiro atoms. The van der Waals surface area contributed by atoms with E-state index in [0.29, 0.717) is 5.96 Å². The van der Waals surface area contributed by atoms with Gasteiger partial charge in [0.05, 0.1) is 0 Å². The molecule has 1 amide bonds. The molecule has 0 aromatic heterocycles. The molecule has 0 atom stereocenters. The summed E-state index contributed by atoms with van der Waals surface area (Å²) in [5, 5.41) is 0. The van der Waals surface area contributed by atoms with Crippen molar-refractivity contribution in [2.24, 2.45) is 4.99 Å². The summed E-state index contributed by atoms with van der Waals surface area (Å²) in [6.07, 6.45) is 2.67. The zero-order valence-electron chi connectivity index (χ0n) is 15.0. The minimum Gasteiger partial charge on any atom is -0.454 e. The van der Waals surface area contributed by atoms with E-state index in [9.17, 15) is 4.79 Å². The largest absolute Gasteiger partial charge is 0.454 e. The summed E-state index contributed by atoms with van der Waals surface area (Å²) in [5.74, 6) is 2.00. The maximum Gasteiger partial charge on any atom is 0.231 e. The molecule has 1 aliphatic rings. The van der Waals surface area contributed by atoms with Crippen molar-refractivity contribution in [2.75, 3.05) is 25.8 Å². The number of benzene rings is 2. The smallest absolute Gasteiger partial charge is 0.231 e. The molecule has 0 radical (unpaired) electrons. The number of allylic oxidation sites excluding steroid dienone is 1. The monoisotopic (exact) mass is 351 g/mol. The van der Waals surface area contributed by atoms with Gasteiger partial charge in [0.25, 0.3) is 0 Å². The standard InChI is InChI=1S/C20H21N3O3/c1-15(11-16-9-10-18-19(12-16)26-14-25-18)21-20(22(2)13-24)23(3)17-7-5-4-6-8-17/h4-13H,14H2,1-3H3/b15-11-,21-20?. The molecular formula is C20H21N3O3. The van der Waals surface area contributed by atoms with Gasteiger partial charge in [0.1, 0.15) is 0 Å². The number of anilines is 1. The number of guanidine groups is 1. The van der Waals surface area contributed by atoms with E-state index in [1.807, 2.05) is 73.5 Å². The molecule has 26 heavy (non-hydrogen) atoms. The number of carbonyl (C=O) groups is 1. The van der Waals surface area contributed by atoms with Gasteiger partial charge in [-0.2, -0.15) is 0 Å². The van der Waals surface area contributed by atoms with Crippen LogP contribution in [0.4, 0.5) is 5.69 Å². The summed E-state index contributed by atoms with van der Waals surface area (Å²) in [5.41, 5.74) is 2.65. The minimum atomic E-state index is 0.246. The first kappa shape index (κ1) is 17.5. The maximum absolute atomic E-state index is 11.3. The zero-order chi connectivity index (χ0) is 18.5. The number of hydrogen-bond donors (Lipinski definition) is 0. The number of hydrogen-bond acceptors (Lipinski definition) is 4. The van der Waals surface area contributed by atoms with E-state index in [-0.39, 0.29) is 6.79 Å². The maximum atomic E-state index is 11.3. The number of fused-ring (bicyclic) bond motifs is 1. The number of ether oxygens (including phenoxy) is 2. The van der Waals surface area contributed by atoms with Crippen molar-refractivity contribution in [3.8, 4) is 11.5 Å². The number of carbonyl (C=O) groups excluding carboxylic acids is 1. The van der Waals surface area contributed by atoms with Crippen molar-refractivity contribution in [2.45, 2.75) is 6.92 Å². The lowest BCUT2D eigenvalue weighted by Crippen LogP contribution is -2.39. The third-order valence-corrected chi connectivity index (χ3v) is 3.97. The van der Waals surface area contributed by atoms with E-state index in [1.165, 1.54) is 4.90 Å². The van der Waals surface area contributed by atoms with Gasteiger partial charge in [-0.15, -0.1) is 0 Å². The molecule has 3 rings (SSSR count). The Balaban J connectivity index is 1.90. The van der Waals surface area contributed by atoms with Crippen molar-refractivity contribution < 1.29 is 14.3 Å². The molecule has 6 nitrogen and oxygen atoms in total. The molecule has 0 saturated carbocycles. The first-order valence-corrected chi connectivity index (χ1v) is 8.22. The molecule has 1 aliphatic heterocycles. The fourth-order valence-electron chi connectivity index (χ4n) is 2.64. The van der Waals surface area contributed by atoms with Crippen LogP contribution >= 0.6 is 0 Å². The lowest BCUT2D eigenvalue weighted by Gasteiger charge is -2.25. The number of para-hydroxylation sites is 1. The van der Waals surface area contributed by atoms with E-state index in [4.69, 9.17) is 9.47 Å². The van der Waals surface area contributed by atoms with Crippen LogP contribution in [0.3, 0.4) is 0 Å². The number of nitrogens with zero attached hydrogens (tertiary/aromatic N) is 3. The van der Waals surface area contributed by atoms with E-state index in [1.54, 1.807) is 7.05 Å². The van der Waals surface area contributed by atoms with Crippen molar-refractivity contribution in [1.82, 2.24) is 4.90 Å². The quantitative estimate of drug-likeness (QED) is 0.481. The molecule has 6 heteroatoms. The molecule has 0 fully saturated rings. The highest BCUT2D eigenvalue weighted by atomic mass is 16.7. The molecule has 2 aromatic rings. The van der Waals surface area contributed by atoms with Crippen molar-refractivity contribution >= 4 is 24.1 Å². The second-order valence-electron chi connectivity index (χ2n) is 5.92. The normalized spacial score (nSPS) is 13.5. The summed E-state index contributed by atoms with van der Waals surface area (Å²) in [6, 6.07) is 15.5. The molecule has 1 heterocycles. The van der Waals surface area contributed by atoms with Crippen molar-refractivity contribution in [3.05, 3.63) is 59.8 Å². The first-order chi connectivity index (χ1) is 12.6. The van der Waals surface area contributed by atoms with Crippen LogP contribution in [0, 0.1) is 0 Å². The average Bonchev–Trinajstić information content (AvgIpc) is 3.13. The van der Waals surface area contributed by atoms with Crippen LogP contribution in [0.5, 0.6) is 11.5 Å². The summed E-state index contributed by atoms with van der Waals surface area (Å²) < 4.78 is 10.7. The van der Waals surface area contributed by atoms with Gasteiger partial charge in [-0.3, -0.25) is 9.69 Å². The summed E-state index contributed by atoms with van der Waals surface area (Å²) >= 11 is 0. The predicted molar refractivity (Wildman–Crippen MR) is 102 cm³/mol. The van der Waals surface area contributed by atoms with Crippen LogP contribution in [-0.2, 0) is 4.79 Å². The highest BCUT2D eigenvalue weighted by molar-refractivity contribution is 6.01. The lowest BCUT2D eigenvalue weighted by atomic mass is 10.2. The van der Waals surface area contributed by atoms with Crippen LogP contribution in [0.15, 0.2) is 59.2 Å². The van der Waals surface area contributed by atoms with Gasteiger partial charge >= 0.3 is 0 Å². The second-order valence-corrected chi connectivity index (χ2v) is 5.92. The Bertz CT molecular complexity index is 847. The third-order valence-electron chi connectivity index (χ3n) is 3.97. The van der Waals surface area contributed by atoms with E-state index >= 15 is 0 Å². The molecule has 0 N–H and O–H groups in total. The van der Waals surface area contributed by atoms with Crippen molar-refractivity contribution in [1.29, 1.82) is 0 Å². The highest BCUT2D eigenvalue weighted by Gasteiger charge is 2.14. The molecule has 0 aliphatic carbocycles. The van der Waals surface area contributed by atoms with Crippen LogP contribution < -0.4 is 14.4 Å². The van der Waals surface area contributed by atoms with Gasteiger partial charge in [0.2, 0.25) is 19.2 Å². The average molecular weight is 351 g/mol. The molecule has 0 bridgehead atoms. The summed E-state index contributed by atoms with van der Waals surface area (Å²) in [4.78, 5) is 19.3. The fraction of sp³-hybridized carbons (Fsp3) is 0.200. The Morgan fingerprint density at radius 2 is 1.81 bits per heavy atom. The predicted octanol–water partition coefficient (Wildman–Crippen LogP) is 3.36. The first-order valence-electron chi connectivity index (χ1n) is 8.22. The number of amides is 1. The van der Waals surface area contributed by atoms with Gasteiger partial charge in [0, 0.05) is 25.5 Å². The Labute approximate surface area is 153 Å². The van der Waals surface area contributed by atoms with Crippen LogP contribution in [0.1, 0.15) is 12.5 Å². The summed E-state index contributed by atoms with van der Waals surface area (Å²) in [6.45, 7) is 2.14. The molecule has 2 aromatic carbocycles. The number of rotatable bonds is 4. The van der Waals surface area contributed by atoms with Crippen LogP contribution in [0.2, 0.25) is 0 Å². The molecule has 0 unspecified atom stereocenters. The van der Waals surface area contributed by atoms with Crippen LogP contribution in [-0.4, -0.2) is 38.2 Å². The summed E-state index contributed by atoms with van der Waals surface area (Å²) in [7, 11) is 3.56. The zero-order valence-corrected chi connectivity index (χ0v) is 15.0. The SMILES string of the molecule is C/C(=C/c1ccc2c(c1)OCO2)N=C(N(C)C=O)N(C)c1ccccc1. The Morgan fingerprint density at radius 1 is 1.08 bits per heavy atom.